The van der Waals surface area contributed by atoms with E-state index in [1.807, 2.05) is 50.2 Å². The highest BCUT2D eigenvalue weighted by molar-refractivity contribution is 6.01. The summed E-state index contributed by atoms with van der Waals surface area (Å²) in [5, 5.41) is 0.438. The molecule has 0 unspecified atom stereocenters. The normalized spacial score (nSPS) is 14.5. The molecule has 0 N–H and O–H groups in total. The van der Waals surface area contributed by atoms with Crippen LogP contribution in [0.25, 0.3) is 11.1 Å². The Morgan fingerprint density at radius 2 is 1.30 bits per heavy atom. The number of carbonyl (C=O) groups excluding carboxylic acids is 5. The van der Waals surface area contributed by atoms with Crippen LogP contribution in [0.5, 0.6) is 0 Å². The molecule has 4 rings (SSSR count). The van der Waals surface area contributed by atoms with Gasteiger partial charge in [0, 0.05) is 42.7 Å². The van der Waals surface area contributed by atoms with Crippen molar-refractivity contribution >= 4 is 29.5 Å². The maximum absolute atomic E-state index is 12.7. The van der Waals surface area contributed by atoms with Crippen molar-refractivity contribution in [2.45, 2.75) is 71.1 Å². The van der Waals surface area contributed by atoms with Gasteiger partial charge in [-0.05, 0) is 47.2 Å². The zero-order valence-corrected chi connectivity index (χ0v) is 21.2. The average molecular weight is 506 g/mol. The highest BCUT2D eigenvalue weighted by atomic mass is 16.8. The number of nitrogens with zero attached hydrogens (tertiary/aromatic N) is 1. The van der Waals surface area contributed by atoms with Crippen LogP contribution in [0.1, 0.15) is 103 Å². The summed E-state index contributed by atoms with van der Waals surface area (Å²) in [5.74, 6) is -1.55. The molecule has 194 valence electrons. The first kappa shape index (κ1) is 26.3. The summed E-state index contributed by atoms with van der Waals surface area (Å²) < 4.78 is 5.35. The fraction of sp³-hybridized carbons (Fsp3) is 0.414. The summed E-state index contributed by atoms with van der Waals surface area (Å²) in [7, 11) is 0. The van der Waals surface area contributed by atoms with E-state index in [4.69, 9.17) is 9.57 Å². The van der Waals surface area contributed by atoms with Crippen molar-refractivity contribution in [3.8, 4) is 11.1 Å². The topological polar surface area (TPSA) is 107 Å². The predicted molar refractivity (Wildman–Crippen MR) is 135 cm³/mol. The molecule has 2 aliphatic rings. The molecule has 1 aliphatic heterocycles. The van der Waals surface area contributed by atoms with E-state index in [-0.39, 0.29) is 31.0 Å². The van der Waals surface area contributed by atoms with Gasteiger partial charge >= 0.3 is 6.16 Å². The number of hydrogen-bond acceptors (Lipinski definition) is 7. The molecule has 8 heteroatoms. The van der Waals surface area contributed by atoms with Gasteiger partial charge in [0.1, 0.15) is 6.61 Å². The van der Waals surface area contributed by atoms with Crippen molar-refractivity contribution in [2.75, 3.05) is 6.61 Å². The monoisotopic (exact) mass is 505 g/mol. The minimum absolute atomic E-state index is 0.0147. The van der Waals surface area contributed by atoms with Crippen molar-refractivity contribution in [3.63, 3.8) is 0 Å². The van der Waals surface area contributed by atoms with Gasteiger partial charge in [-0.1, -0.05) is 56.0 Å². The fourth-order valence-electron chi connectivity index (χ4n) is 4.76. The van der Waals surface area contributed by atoms with Crippen LogP contribution in [0.2, 0.25) is 0 Å². The van der Waals surface area contributed by atoms with Crippen molar-refractivity contribution < 1.29 is 33.5 Å². The van der Waals surface area contributed by atoms with Gasteiger partial charge in [-0.25, -0.2) is 4.79 Å². The number of ketones is 2. The number of amides is 2. The average Bonchev–Trinajstić information content (AvgIpc) is 3.39. The van der Waals surface area contributed by atoms with Crippen LogP contribution >= 0.6 is 0 Å². The van der Waals surface area contributed by atoms with E-state index in [0.717, 1.165) is 47.9 Å². The number of fused-ring (bicyclic) bond motifs is 3. The molecule has 37 heavy (non-hydrogen) atoms. The number of hydroxylamine groups is 2. The summed E-state index contributed by atoms with van der Waals surface area (Å²) in [4.78, 5) is 66.2. The first-order valence-electron chi connectivity index (χ1n) is 12.9. The van der Waals surface area contributed by atoms with Gasteiger partial charge < -0.3 is 4.74 Å². The molecule has 0 atom stereocenters. The highest BCUT2D eigenvalue weighted by Crippen LogP contribution is 2.46. The lowest BCUT2D eigenvalue weighted by molar-refractivity contribution is -0.177. The molecule has 1 heterocycles. The Labute approximate surface area is 215 Å². The van der Waals surface area contributed by atoms with E-state index in [1.165, 1.54) is 0 Å². The van der Waals surface area contributed by atoms with Gasteiger partial charge in [0.25, 0.3) is 11.8 Å². The number of unbranched alkanes of at least 4 members (excludes halogenated alkanes) is 2. The number of ether oxygens (including phenoxy) is 1. The minimum atomic E-state index is -1.16. The molecule has 0 saturated carbocycles. The van der Waals surface area contributed by atoms with Gasteiger partial charge in [-0.2, -0.15) is 0 Å². The van der Waals surface area contributed by atoms with Crippen LogP contribution in [0.15, 0.2) is 36.4 Å². The number of Topliss-reactive ketones (excluding diaryl/α,β-unsaturated/α-hetero) is 2. The summed E-state index contributed by atoms with van der Waals surface area (Å²) >= 11 is 0. The quantitative estimate of drug-likeness (QED) is 0.217. The second-order valence-corrected chi connectivity index (χ2v) is 9.44. The number of carbonyl (C=O) groups is 5. The zero-order valence-electron chi connectivity index (χ0n) is 21.2. The van der Waals surface area contributed by atoms with Crippen LogP contribution in [0.3, 0.4) is 0 Å². The lowest BCUT2D eigenvalue weighted by Gasteiger charge is -2.17. The Kier molecular flexibility index (Phi) is 8.16. The van der Waals surface area contributed by atoms with Gasteiger partial charge in [0.05, 0.1) is 0 Å². The molecular weight excluding hydrogens is 474 g/mol. The van der Waals surface area contributed by atoms with E-state index < -0.39 is 23.9 Å². The third-order valence-corrected chi connectivity index (χ3v) is 6.84. The van der Waals surface area contributed by atoms with E-state index in [9.17, 15) is 24.0 Å². The summed E-state index contributed by atoms with van der Waals surface area (Å²) in [6, 6.07) is 11.1. The van der Waals surface area contributed by atoms with Crippen molar-refractivity contribution in [1.82, 2.24) is 5.06 Å². The van der Waals surface area contributed by atoms with Crippen LogP contribution in [0.4, 0.5) is 4.79 Å². The fourth-order valence-corrected chi connectivity index (χ4v) is 4.76. The first-order chi connectivity index (χ1) is 17.8. The molecular formula is C29H31NO7. The SMILES string of the molecule is CCCCC(=O)c1ccc2c(c1)C(COC(=O)ON1C(=O)CCC1=O)c1cc(C(=O)CCCC)ccc1-2. The molecule has 8 nitrogen and oxygen atoms in total. The number of hydrogen-bond donors (Lipinski definition) is 0. The minimum Gasteiger partial charge on any atom is -0.432 e. The van der Waals surface area contributed by atoms with Crippen molar-refractivity contribution in [3.05, 3.63) is 58.7 Å². The van der Waals surface area contributed by atoms with Gasteiger partial charge in [0.15, 0.2) is 11.6 Å². The Morgan fingerprint density at radius 3 is 1.76 bits per heavy atom. The molecule has 2 amide bonds. The highest BCUT2D eigenvalue weighted by Gasteiger charge is 2.35. The van der Waals surface area contributed by atoms with Crippen LogP contribution in [0, 0.1) is 0 Å². The van der Waals surface area contributed by atoms with Crippen molar-refractivity contribution in [1.29, 1.82) is 0 Å². The number of benzene rings is 2. The molecule has 0 bridgehead atoms. The summed E-state index contributed by atoms with van der Waals surface area (Å²) in [6.45, 7) is 3.91. The van der Waals surface area contributed by atoms with Crippen LogP contribution < -0.4 is 0 Å². The maximum atomic E-state index is 12.7. The molecule has 1 aliphatic carbocycles. The lowest BCUT2D eigenvalue weighted by Crippen LogP contribution is -2.32. The van der Waals surface area contributed by atoms with Gasteiger partial charge in [-0.15, -0.1) is 0 Å². The lowest BCUT2D eigenvalue weighted by atomic mass is 9.93. The zero-order chi connectivity index (χ0) is 26.5. The third kappa shape index (κ3) is 5.63. The van der Waals surface area contributed by atoms with Gasteiger partial charge in [-0.3, -0.25) is 24.0 Å². The van der Waals surface area contributed by atoms with Crippen LogP contribution in [-0.2, 0) is 19.2 Å². The Bertz CT molecular complexity index is 1160. The molecule has 0 spiro atoms. The second kappa shape index (κ2) is 11.5. The number of imide groups is 1. The Hall–Kier alpha value is -3.81. The van der Waals surface area contributed by atoms with E-state index in [0.29, 0.717) is 29.0 Å². The van der Waals surface area contributed by atoms with Crippen molar-refractivity contribution in [2.24, 2.45) is 0 Å². The van der Waals surface area contributed by atoms with E-state index >= 15 is 0 Å². The van der Waals surface area contributed by atoms with E-state index in [1.54, 1.807) is 0 Å². The molecule has 0 radical (unpaired) electrons. The largest absolute Gasteiger partial charge is 0.533 e. The maximum Gasteiger partial charge on any atom is 0.533 e. The third-order valence-electron chi connectivity index (χ3n) is 6.84. The van der Waals surface area contributed by atoms with Crippen LogP contribution in [-0.4, -0.2) is 41.2 Å². The Morgan fingerprint density at radius 1 is 0.811 bits per heavy atom. The molecule has 2 aromatic rings. The Balaban J connectivity index is 1.61. The number of rotatable bonds is 11. The molecule has 1 saturated heterocycles. The molecule has 0 aromatic heterocycles. The summed E-state index contributed by atoms with van der Waals surface area (Å²) in [5.41, 5.74) is 4.61. The second-order valence-electron chi connectivity index (χ2n) is 9.44. The predicted octanol–water partition coefficient (Wildman–Crippen LogP) is 5.76. The smallest absolute Gasteiger partial charge is 0.432 e. The van der Waals surface area contributed by atoms with E-state index in [2.05, 4.69) is 0 Å². The standard InChI is InChI=1S/C29H31NO7/c1-3-5-7-25(31)18-9-11-20-21-12-10-19(26(32)8-6-4-2)16-23(21)24(22(20)15-18)17-36-29(35)37-30-27(33)13-14-28(30)34/h9-12,15-16,24H,3-8,13-14,17H2,1-2H3. The van der Waals surface area contributed by atoms with Gasteiger partial charge in [0.2, 0.25) is 0 Å². The first-order valence-corrected chi connectivity index (χ1v) is 12.9. The molecule has 1 fully saturated rings. The molecule has 2 aromatic carbocycles. The summed E-state index contributed by atoms with van der Waals surface area (Å²) in [6.07, 6.45) is 3.13.